The lowest BCUT2D eigenvalue weighted by Crippen LogP contribution is -1.91. The van der Waals surface area contributed by atoms with Gasteiger partial charge in [-0.1, -0.05) is 41.5 Å². The average Bonchev–Trinajstić information content (AvgIpc) is 2.28. The van der Waals surface area contributed by atoms with Crippen LogP contribution >= 0.6 is 11.8 Å². The van der Waals surface area contributed by atoms with E-state index in [1.54, 1.807) is 0 Å². The summed E-state index contributed by atoms with van der Waals surface area (Å²) >= 11 is 1.97. The summed E-state index contributed by atoms with van der Waals surface area (Å²) in [5, 5.41) is 0. The van der Waals surface area contributed by atoms with Crippen LogP contribution in [0.2, 0.25) is 0 Å². The zero-order chi connectivity index (χ0) is 11.4. The highest BCUT2D eigenvalue weighted by Gasteiger charge is 2.03. The van der Waals surface area contributed by atoms with E-state index in [4.69, 9.17) is 0 Å². The van der Waals surface area contributed by atoms with Crippen LogP contribution in [-0.2, 0) is 6.42 Å². The molecular formula is C15H18S. The zero-order valence-electron chi connectivity index (χ0n) is 9.99. The number of allylic oxidation sites excluding steroid dienone is 4. The summed E-state index contributed by atoms with van der Waals surface area (Å²) in [5.74, 6) is 1.18. The summed E-state index contributed by atoms with van der Waals surface area (Å²) in [4.78, 5) is 1.45. The monoisotopic (exact) mass is 230 g/mol. The molecule has 0 N–H and O–H groups in total. The first-order chi connectivity index (χ1) is 7.75. The standard InChI is InChI=1S/C15H18S/c1-12-5-3-4-10-16-15-9-7-13(2)11-14(15)8-6-12/h3,5-7,9,11H,4,8,10H2,1-2H3/b5-3-,12-6-. The first kappa shape index (κ1) is 11.5. The summed E-state index contributed by atoms with van der Waals surface area (Å²) in [6, 6.07) is 6.80. The molecule has 0 spiro atoms. The van der Waals surface area contributed by atoms with Crippen LogP contribution < -0.4 is 0 Å². The van der Waals surface area contributed by atoms with E-state index in [-0.39, 0.29) is 0 Å². The third kappa shape index (κ3) is 3.02. The van der Waals surface area contributed by atoms with Crippen molar-refractivity contribution in [1.29, 1.82) is 0 Å². The molecule has 0 fully saturated rings. The lowest BCUT2D eigenvalue weighted by Gasteiger charge is -2.09. The van der Waals surface area contributed by atoms with Crippen molar-refractivity contribution in [3.63, 3.8) is 0 Å². The van der Waals surface area contributed by atoms with E-state index < -0.39 is 0 Å². The summed E-state index contributed by atoms with van der Waals surface area (Å²) < 4.78 is 0. The number of hydrogen-bond acceptors (Lipinski definition) is 1. The Labute approximate surface area is 102 Å². The second kappa shape index (κ2) is 5.40. The number of thioether (sulfide) groups is 1. The smallest absolute Gasteiger partial charge is 0.0107 e. The van der Waals surface area contributed by atoms with Crippen LogP contribution in [-0.4, -0.2) is 5.75 Å². The summed E-state index contributed by atoms with van der Waals surface area (Å²) in [6.45, 7) is 4.35. The molecule has 84 valence electrons. The van der Waals surface area contributed by atoms with E-state index in [1.807, 2.05) is 11.8 Å². The van der Waals surface area contributed by atoms with Crippen LogP contribution in [0.25, 0.3) is 0 Å². The van der Waals surface area contributed by atoms with Crippen molar-refractivity contribution in [3.05, 3.63) is 53.1 Å². The molecule has 1 aromatic rings. The first-order valence-corrected chi connectivity index (χ1v) is 6.80. The molecule has 2 rings (SSSR count). The Bertz CT molecular complexity index is 427. The molecule has 0 aliphatic carbocycles. The molecule has 0 nitrogen and oxygen atoms in total. The van der Waals surface area contributed by atoms with Gasteiger partial charge in [-0.2, -0.15) is 0 Å². The normalized spacial score (nSPS) is 21.8. The Balaban J connectivity index is 2.32. The van der Waals surface area contributed by atoms with Gasteiger partial charge in [-0.05, 0) is 38.3 Å². The molecule has 1 aliphatic heterocycles. The van der Waals surface area contributed by atoms with Gasteiger partial charge in [0.05, 0.1) is 0 Å². The molecule has 1 heteroatoms. The molecule has 0 unspecified atom stereocenters. The fraction of sp³-hybridized carbons (Fsp3) is 0.333. The maximum Gasteiger partial charge on any atom is 0.0107 e. The minimum Gasteiger partial charge on any atom is -0.126 e. The van der Waals surface area contributed by atoms with E-state index in [2.05, 4.69) is 50.3 Å². The highest BCUT2D eigenvalue weighted by molar-refractivity contribution is 7.99. The largest absolute Gasteiger partial charge is 0.126 e. The summed E-state index contributed by atoms with van der Waals surface area (Å²) in [5.41, 5.74) is 4.21. The van der Waals surface area contributed by atoms with Gasteiger partial charge < -0.3 is 0 Å². The van der Waals surface area contributed by atoms with E-state index >= 15 is 0 Å². The minimum absolute atomic E-state index is 1.06. The van der Waals surface area contributed by atoms with Gasteiger partial charge in [0.2, 0.25) is 0 Å². The number of fused-ring (bicyclic) bond motifs is 1. The summed E-state index contributed by atoms with van der Waals surface area (Å²) in [6.07, 6.45) is 9.05. The molecule has 1 aliphatic rings. The average molecular weight is 230 g/mol. The fourth-order valence-electron chi connectivity index (χ4n) is 1.85. The fourth-order valence-corrected chi connectivity index (χ4v) is 2.82. The van der Waals surface area contributed by atoms with Crippen LogP contribution in [0.4, 0.5) is 0 Å². The highest BCUT2D eigenvalue weighted by Crippen LogP contribution is 2.26. The van der Waals surface area contributed by atoms with Crippen molar-refractivity contribution >= 4 is 11.8 Å². The number of aryl methyl sites for hydroxylation is 1. The van der Waals surface area contributed by atoms with Crippen molar-refractivity contribution in [2.75, 3.05) is 5.75 Å². The van der Waals surface area contributed by atoms with Crippen LogP contribution in [0, 0.1) is 6.92 Å². The molecule has 16 heavy (non-hydrogen) atoms. The molecule has 0 bridgehead atoms. The van der Waals surface area contributed by atoms with Crippen molar-refractivity contribution < 1.29 is 0 Å². The Kier molecular flexibility index (Phi) is 3.89. The maximum atomic E-state index is 2.32. The van der Waals surface area contributed by atoms with Gasteiger partial charge in [0, 0.05) is 10.6 Å². The minimum atomic E-state index is 1.06. The third-order valence-corrected chi connectivity index (χ3v) is 3.93. The maximum absolute atomic E-state index is 2.32. The van der Waals surface area contributed by atoms with Gasteiger partial charge in [0.15, 0.2) is 0 Å². The molecule has 0 aromatic heterocycles. The molecular weight excluding hydrogens is 212 g/mol. The van der Waals surface area contributed by atoms with Gasteiger partial charge in [-0.15, -0.1) is 11.8 Å². The Morgan fingerprint density at radius 2 is 2.06 bits per heavy atom. The first-order valence-electron chi connectivity index (χ1n) is 5.81. The lowest BCUT2D eigenvalue weighted by atomic mass is 10.1. The Hall–Kier alpha value is -0.950. The van der Waals surface area contributed by atoms with Gasteiger partial charge in [0.25, 0.3) is 0 Å². The van der Waals surface area contributed by atoms with E-state index in [0.29, 0.717) is 0 Å². The molecule has 0 saturated carbocycles. The van der Waals surface area contributed by atoms with Crippen molar-refractivity contribution in [2.45, 2.75) is 31.6 Å². The predicted octanol–water partition coefficient (Wildman–Crippen LogP) is 4.54. The van der Waals surface area contributed by atoms with Crippen LogP contribution in [0.15, 0.2) is 46.9 Å². The Morgan fingerprint density at radius 1 is 1.19 bits per heavy atom. The third-order valence-electron chi connectivity index (χ3n) is 2.78. The van der Waals surface area contributed by atoms with Gasteiger partial charge in [-0.3, -0.25) is 0 Å². The molecule has 1 aromatic carbocycles. The summed E-state index contributed by atoms with van der Waals surface area (Å²) in [7, 11) is 0. The second-order valence-electron chi connectivity index (χ2n) is 4.30. The van der Waals surface area contributed by atoms with Crippen molar-refractivity contribution in [1.82, 2.24) is 0 Å². The molecule has 0 saturated heterocycles. The number of hydrogen-bond donors (Lipinski definition) is 0. The Morgan fingerprint density at radius 3 is 2.94 bits per heavy atom. The molecule has 0 radical (unpaired) electrons. The topological polar surface area (TPSA) is 0 Å². The van der Waals surface area contributed by atoms with Crippen LogP contribution in [0.3, 0.4) is 0 Å². The van der Waals surface area contributed by atoms with E-state index in [9.17, 15) is 0 Å². The van der Waals surface area contributed by atoms with Crippen molar-refractivity contribution in [3.8, 4) is 0 Å². The molecule has 0 atom stereocenters. The molecule has 1 heterocycles. The number of benzene rings is 1. The number of rotatable bonds is 0. The lowest BCUT2D eigenvalue weighted by molar-refractivity contribution is 1.13. The van der Waals surface area contributed by atoms with E-state index in [0.717, 1.165) is 12.8 Å². The quantitative estimate of drug-likeness (QED) is 0.630. The van der Waals surface area contributed by atoms with Gasteiger partial charge in [0.1, 0.15) is 0 Å². The predicted molar refractivity (Wildman–Crippen MR) is 73.1 cm³/mol. The van der Waals surface area contributed by atoms with Crippen LogP contribution in [0.5, 0.6) is 0 Å². The van der Waals surface area contributed by atoms with Gasteiger partial charge >= 0.3 is 0 Å². The molecule has 0 amide bonds. The second-order valence-corrected chi connectivity index (χ2v) is 5.44. The van der Waals surface area contributed by atoms with Crippen molar-refractivity contribution in [2.24, 2.45) is 0 Å². The zero-order valence-corrected chi connectivity index (χ0v) is 10.8. The van der Waals surface area contributed by atoms with Gasteiger partial charge in [-0.25, -0.2) is 0 Å². The highest BCUT2D eigenvalue weighted by atomic mass is 32.2. The SMILES string of the molecule is CC1=C/Cc2cc(C)ccc2SCC/C=C\1. The van der Waals surface area contributed by atoms with E-state index in [1.165, 1.54) is 27.3 Å². The van der Waals surface area contributed by atoms with Crippen LogP contribution in [0.1, 0.15) is 24.5 Å².